The van der Waals surface area contributed by atoms with Gasteiger partial charge in [-0.15, -0.1) is 0 Å². The lowest BCUT2D eigenvalue weighted by Crippen LogP contribution is -2.32. The molecule has 1 aliphatic heterocycles. The van der Waals surface area contributed by atoms with E-state index in [9.17, 15) is 4.79 Å². The fourth-order valence-corrected chi connectivity index (χ4v) is 0.513. The lowest BCUT2D eigenvalue weighted by atomic mass is 10.3. The first-order valence-electron chi connectivity index (χ1n) is 2.79. The van der Waals surface area contributed by atoms with Gasteiger partial charge in [0, 0.05) is 0 Å². The number of hydrogen-bond donors (Lipinski definition) is 0. The monoisotopic (exact) mass is 167 g/mol. The van der Waals surface area contributed by atoms with E-state index in [0.29, 0.717) is 0 Å². The van der Waals surface area contributed by atoms with E-state index in [1.807, 2.05) is 0 Å². The van der Waals surface area contributed by atoms with Gasteiger partial charge in [-0.05, 0) is 11.1 Å². The Labute approximate surface area is 67.8 Å². The van der Waals surface area contributed by atoms with Crippen molar-refractivity contribution in [3.63, 3.8) is 0 Å². The topological polar surface area (TPSA) is 119 Å². The predicted octanol–water partition coefficient (Wildman–Crippen LogP) is -2.50. The second-order valence-corrected chi connectivity index (χ2v) is 1.64. The van der Waals surface area contributed by atoms with Crippen molar-refractivity contribution in [3.8, 4) is 0 Å². The third-order valence-corrected chi connectivity index (χ3v) is 1.01. The van der Waals surface area contributed by atoms with E-state index in [2.05, 4.69) is 31.4 Å². The average molecular weight is 167 g/mol. The van der Waals surface area contributed by atoms with E-state index in [1.54, 1.807) is 0 Å². The van der Waals surface area contributed by atoms with Gasteiger partial charge >= 0.3 is 11.7 Å². The van der Waals surface area contributed by atoms with Crippen molar-refractivity contribution < 1.29 is 14.3 Å². The molecular formula is C4H3N6O2. The maximum Gasteiger partial charge on any atom is 0.420 e. The molecule has 0 saturated carbocycles. The zero-order valence-electron chi connectivity index (χ0n) is 6.00. The van der Waals surface area contributed by atoms with Crippen molar-refractivity contribution in [1.82, 2.24) is 21.9 Å². The summed E-state index contributed by atoms with van der Waals surface area (Å²) in [5, 5.41) is 0. The summed E-state index contributed by atoms with van der Waals surface area (Å²) in [7, 11) is 1.14. The maximum absolute atomic E-state index is 10.8. The molecular weight excluding hydrogens is 164 g/mol. The number of carbonyl (C=O) groups excluding carboxylic acids is 1. The third kappa shape index (κ3) is 1.64. The predicted molar refractivity (Wildman–Crippen MR) is 32.4 cm³/mol. The minimum Gasteiger partial charge on any atom is -0.460 e. The molecule has 12 heavy (non-hydrogen) atoms. The largest absolute Gasteiger partial charge is 0.460 e. The van der Waals surface area contributed by atoms with E-state index in [-0.39, 0.29) is 6.17 Å². The summed E-state index contributed by atoms with van der Waals surface area (Å²) >= 11 is 0. The normalized spacial score (nSPS) is 17.1. The SMILES string of the molecule is COC(=O)C(=[N+]=[N-])[C]1[N][N][N][N]1. The number of esters is 1. The number of nitrogens with zero attached hydrogens (tertiary/aromatic N) is 6. The second kappa shape index (κ2) is 3.90. The van der Waals surface area contributed by atoms with Crippen molar-refractivity contribution in [1.29, 1.82) is 0 Å². The summed E-state index contributed by atoms with van der Waals surface area (Å²) < 4.78 is 4.26. The lowest BCUT2D eigenvalue weighted by molar-refractivity contribution is -0.137. The van der Waals surface area contributed by atoms with Gasteiger partial charge in [-0.3, -0.25) is 0 Å². The average Bonchev–Trinajstić information content (AvgIpc) is 2.58. The smallest absolute Gasteiger partial charge is 0.420 e. The molecule has 0 aliphatic carbocycles. The van der Waals surface area contributed by atoms with Crippen molar-refractivity contribution in [2.24, 2.45) is 0 Å². The minimum atomic E-state index is -0.854. The number of rotatable bonds is 2. The highest BCUT2D eigenvalue weighted by molar-refractivity contribution is 6.38. The van der Waals surface area contributed by atoms with E-state index < -0.39 is 11.7 Å². The summed E-state index contributed by atoms with van der Waals surface area (Å²) in [6, 6.07) is 0. The fraction of sp³-hybridized carbons (Fsp3) is 0.250. The zero-order chi connectivity index (χ0) is 8.97. The number of methoxy groups -OCH3 is 1. The summed E-state index contributed by atoms with van der Waals surface area (Å²) in [5.41, 5.74) is 20.7. The molecule has 1 fully saturated rings. The van der Waals surface area contributed by atoms with Gasteiger partial charge in [-0.2, -0.15) is 4.79 Å². The van der Waals surface area contributed by atoms with Gasteiger partial charge in [0.2, 0.25) is 0 Å². The number of hydrogen-bond acceptors (Lipinski definition) is 2. The molecule has 0 N–H and O–H groups in total. The van der Waals surface area contributed by atoms with Crippen LogP contribution < -0.4 is 21.9 Å². The first-order valence-corrected chi connectivity index (χ1v) is 2.79. The highest BCUT2D eigenvalue weighted by Crippen LogP contribution is 1.99. The van der Waals surface area contributed by atoms with Crippen LogP contribution in [0, 0.1) is 6.17 Å². The Morgan fingerprint density at radius 3 is 2.50 bits per heavy atom. The van der Waals surface area contributed by atoms with E-state index in [1.165, 1.54) is 0 Å². The first kappa shape index (κ1) is 8.78. The quantitative estimate of drug-likeness (QED) is 0.195. The van der Waals surface area contributed by atoms with Crippen LogP contribution in [0.25, 0.3) is 5.53 Å². The minimum absolute atomic E-state index is 0.177. The summed E-state index contributed by atoms with van der Waals surface area (Å²) in [6.07, 6.45) is -0.177. The Balaban J connectivity index is 2.68. The van der Waals surface area contributed by atoms with Crippen LogP contribution in [0.4, 0.5) is 0 Å². The Morgan fingerprint density at radius 1 is 1.50 bits per heavy atom. The van der Waals surface area contributed by atoms with Gasteiger partial charge in [-0.1, -0.05) is 10.9 Å². The summed E-state index contributed by atoms with van der Waals surface area (Å²) in [4.78, 5) is 13.4. The molecule has 1 heterocycles. The molecule has 1 saturated heterocycles. The molecule has 0 amide bonds. The molecule has 0 aromatic carbocycles. The molecule has 1 rings (SSSR count). The first-order chi connectivity index (χ1) is 5.79. The maximum atomic E-state index is 10.8. The van der Waals surface area contributed by atoms with Crippen LogP contribution in [0.5, 0.6) is 0 Å². The Bertz CT molecular complexity index is 228. The van der Waals surface area contributed by atoms with Crippen LogP contribution in [-0.4, -0.2) is 23.6 Å². The van der Waals surface area contributed by atoms with Gasteiger partial charge in [0.15, 0.2) is 0 Å². The third-order valence-electron chi connectivity index (χ3n) is 1.01. The molecule has 8 heteroatoms. The zero-order valence-corrected chi connectivity index (χ0v) is 6.00. The van der Waals surface area contributed by atoms with Gasteiger partial charge in [0.25, 0.3) is 6.17 Å². The molecule has 0 spiro atoms. The molecule has 0 aromatic rings. The fourth-order valence-electron chi connectivity index (χ4n) is 0.513. The number of ether oxygens (including phenoxy) is 1. The Hall–Kier alpha value is -1.31. The van der Waals surface area contributed by atoms with Crippen molar-refractivity contribution >= 4 is 11.7 Å². The highest BCUT2D eigenvalue weighted by Gasteiger charge is 2.40. The van der Waals surface area contributed by atoms with Crippen molar-refractivity contribution in [2.75, 3.05) is 7.11 Å². The van der Waals surface area contributed by atoms with Crippen LogP contribution in [0.1, 0.15) is 0 Å². The Kier molecular flexibility index (Phi) is 2.86. The molecule has 5 radical (unpaired) electrons. The lowest BCUT2D eigenvalue weighted by Gasteiger charge is -1.94. The molecule has 0 unspecified atom stereocenters. The number of carbonyl (C=O) groups is 1. The molecule has 0 aromatic heterocycles. The van der Waals surface area contributed by atoms with Crippen LogP contribution in [0.3, 0.4) is 0 Å². The second-order valence-electron chi connectivity index (χ2n) is 1.64. The van der Waals surface area contributed by atoms with Gasteiger partial charge in [-0.25, -0.2) is 4.79 Å². The van der Waals surface area contributed by atoms with Gasteiger partial charge < -0.3 is 10.3 Å². The van der Waals surface area contributed by atoms with Crippen LogP contribution in [0.15, 0.2) is 0 Å². The molecule has 8 nitrogen and oxygen atoms in total. The van der Waals surface area contributed by atoms with Crippen molar-refractivity contribution in [3.05, 3.63) is 11.7 Å². The van der Waals surface area contributed by atoms with Crippen molar-refractivity contribution in [2.45, 2.75) is 0 Å². The van der Waals surface area contributed by atoms with Crippen LogP contribution in [-0.2, 0) is 9.53 Å². The Morgan fingerprint density at radius 2 is 2.08 bits per heavy atom. The van der Waals surface area contributed by atoms with E-state index in [0.717, 1.165) is 7.11 Å². The summed E-state index contributed by atoms with van der Waals surface area (Å²) in [6.45, 7) is 0. The van der Waals surface area contributed by atoms with Crippen LogP contribution >= 0.6 is 0 Å². The van der Waals surface area contributed by atoms with Gasteiger partial charge in [0.1, 0.15) is 0 Å². The molecule has 61 valence electrons. The highest BCUT2D eigenvalue weighted by atomic mass is 16.5. The summed E-state index contributed by atoms with van der Waals surface area (Å²) in [5.74, 6) is -0.854. The molecule has 1 aliphatic rings. The van der Waals surface area contributed by atoms with E-state index in [4.69, 9.17) is 5.53 Å². The van der Waals surface area contributed by atoms with Gasteiger partial charge in [0.05, 0.1) is 7.11 Å². The molecule has 0 bridgehead atoms. The van der Waals surface area contributed by atoms with E-state index >= 15 is 0 Å². The standard InChI is InChI=1S/C4H3N6O2/c1-12-4(11)2(6-5)3-7-9-10-8-3/h1H3. The molecule has 0 atom stereocenters. The van der Waals surface area contributed by atoms with Crippen LogP contribution in [0.2, 0.25) is 0 Å².